The van der Waals surface area contributed by atoms with Gasteiger partial charge in [0.2, 0.25) is 0 Å². The lowest BCUT2D eigenvalue weighted by atomic mass is 10.1. The van der Waals surface area contributed by atoms with Crippen LogP contribution in [0.1, 0.15) is 0 Å². The van der Waals surface area contributed by atoms with Crippen LogP contribution in [0.3, 0.4) is 0 Å². The van der Waals surface area contributed by atoms with E-state index in [2.05, 4.69) is 158 Å². The fraction of sp³-hybridized carbons (Fsp3) is 0. The summed E-state index contributed by atoms with van der Waals surface area (Å²) in [5.74, 6) is 0. The molecule has 0 aliphatic heterocycles. The van der Waals surface area contributed by atoms with Gasteiger partial charge in [-0.3, -0.25) is 0 Å². The van der Waals surface area contributed by atoms with E-state index < -0.39 is 0 Å². The predicted molar refractivity (Wildman–Crippen MR) is 227 cm³/mol. The second-order valence-electron chi connectivity index (χ2n) is 12.1. The van der Waals surface area contributed by atoms with Crippen LogP contribution >= 0.6 is 68.0 Å². The average molecular weight is 747 g/mol. The smallest absolute Gasteiger partial charge is 0.0449 e. The monoisotopic (exact) mass is 746 g/mol. The van der Waals surface area contributed by atoms with Crippen molar-refractivity contribution in [1.82, 2.24) is 0 Å². The number of benzene rings is 4. The molecule has 0 fully saturated rings. The molecule has 0 unspecified atom stereocenters. The molecule has 0 nitrogen and oxygen atoms in total. The third kappa shape index (κ3) is 5.72. The first-order valence-electron chi connectivity index (χ1n) is 16.3. The molecule has 0 saturated heterocycles. The first kappa shape index (κ1) is 30.4. The highest BCUT2D eigenvalue weighted by atomic mass is 32.1. The van der Waals surface area contributed by atoms with Gasteiger partial charge in [0.1, 0.15) is 0 Å². The third-order valence-electron chi connectivity index (χ3n) is 8.92. The predicted octanol–water partition coefficient (Wildman–Crippen LogP) is 16.0. The number of hydrogen-bond acceptors (Lipinski definition) is 6. The quantitative estimate of drug-likeness (QED) is 0.152. The Kier molecular flexibility index (Phi) is 7.75. The SMILES string of the molecule is c1ccc2cc(-c3ccc(-c4ccc(-c5ccc(-c6ccc(-c7ccc(-c8ccc(-c9ccc%10ccccc%10c9)s8)s7)s6)s5)s4)s3)ccc2c1. The maximum absolute atomic E-state index is 2.30. The summed E-state index contributed by atoms with van der Waals surface area (Å²) < 4.78 is 0. The van der Waals surface area contributed by atoms with E-state index in [-0.39, 0.29) is 0 Å². The molecule has 0 atom stereocenters. The Bertz CT molecular complexity index is 2600. The molecule has 10 rings (SSSR count). The lowest BCUT2D eigenvalue weighted by Crippen LogP contribution is -1.74. The number of hydrogen-bond donors (Lipinski definition) is 0. The maximum atomic E-state index is 2.30. The molecule has 0 saturated carbocycles. The van der Waals surface area contributed by atoms with E-state index >= 15 is 0 Å². The highest BCUT2D eigenvalue weighted by Crippen LogP contribution is 2.47. The number of thiophene rings is 6. The van der Waals surface area contributed by atoms with Gasteiger partial charge in [0, 0.05) is 58.5 Å². The molecule has 10 aromatic rings. The molecule has 6 heterocycles. The molecule has 0 aliphatic carbocycles. The van der Waals surface area contributed by atoms with E-state index in [9.17, 15) is 0 Å². The summed E-state index contributed by atoms with van der Waals surface area (Å²) >= 11 is 11.3. The molecular weight excluding hydrogens is 721 g/mol. The largest absolute Gasteiger partial charge is 0.134 e. The van der Waals surface area contributed by atoms with Crippen molar-refractivity contribution in [1.29, 1.82) is 0 Å². The van der Waals surface area contributed by atoms with Crippen LogP contribution in [0.15, 0.2) is 158 Å². The Balaban J connectivity index is 0.849. The molecule has 6 heteroatoms. The molecule has 0 amide bonds. The molecule has 0 radical (unpaired) electrons. The van der Waals surface area contributed by atoms with Gasteiger partial charge in [-0.15, -0.1) is 68.0 Å². The summed E-state index contributed by atoms with van der Waals surface area (Å²) in [6, 6.07) is 58.1. The van der Waals surface area contributed by atoms with Crippen LogP contribution in [-0.4, -0.2) is 0 Å². The Labute approximate surface area is 314 Å². The summed E-state index contributed by atoms with van der Waals surface area (Å²) in [7, 11) is 0. The maximum Gasteiger partial charge on any atom is 0.0449 e. The fourth-order valence-corrected chi connectivity index (χ4v) is 12.8. The third-order valence-corrected chi connectivity index (χ3v) is 16.5. The Morgan fingerprint density at radius 3 is 0.740 bits per heavy atom. The second kappa shape index (κ2) is 12.7. The van der Waals surface area contributed by atoms with Crippen LogP contribution in [0.4, 0.5) is 0 Å². The molecule has 6 aromatic heterocycles. The minimum absolute atomic E-state index is 1.28. The normalized spacial score (nSPS) is 11.6. The van der Waals surface area contributed by atoms with Crippen LogP contribution in [0.25, 0.3) is 91.2 Å². The van der Waals surface area contributed by atoms with Crippen LogP contribution in [0.5, 0.6) is 0 Å². The van der Waals surface area contributed by atoms with Crippen molar-refractivity contribution in [2.75, 3.05) is 0 Å². The number of rotatable bonds is 7. The van der Waals surface area contributed by atoms with Crippen molar-refractivity contribution in [2.45, 2.75) is 0 Å². The minimum Gasteiger partial charge on any atom is -0.134 e. The van der Waals surface area contributed by atoms with Crippen molar-refractivity contribution in [3.63, 3.8) is 0 Å². The van der Waals surface area contributed by atoms with Crippen LogP contribution in [-0.2, 0) is 0 Å². The van der Waals surface area contributed by atoms with Crippen molar-refractivity contribution in [3.8, 4) is 69.7 Å². The van der Waals surface area contributed by atoms with Crippen LogP contribution < -0.4 is 0 Å². The summed E-state index contributed by atoms with van der Waals surface area (Å²) in [4.78, 5) is 15.9. The van der Waals surface area contributed by atoms with Gasteiger partial charge in [-0.25, -0.2) is 0 Å². The zero-order chi connectivity index (χ0) is 33.0. The van der Waals surface area contributed by atoms with Crippen molar-refractivity contribution in [2.24, 2.45) is 0 Å². The van der Waals surface area contributed by atoms with Crippen LogP contribution in [0.2, 0.25) is 0 Å². The van der Waals surface area contributed by atoms with Crippen molar-refractivity contribution < 1.29 is 0 Å². The van der Waals surface area contributed by atoms with E-state index in [1.165, 1.54) is 91.2 Å². The molecule has 4 aromatic carbocycles. The Morgan fingerprint density at radius 1 is 0.200 bits per heavy atom. The summed E-state index contributed by atoms with van der Waals surface area (Å²) in [5, 5.41) is 5.14. The van der Waals surface area contributed by atoms with Gasteiger partial charge < -0.3 is 0 Å². The molecular formula is C44H26S6. The summed E-state index contributed by atoms with van der Waals surface area (Å²) in [6.45, 7) is 0. The first-order valence-corrected chi connectivity index (χ1v) is 21.2. The molecule has 50 heavy (non-hydrogen) atoms. The van der Waals surface area contributed by atoms with Gasteiger partial charge in [0.05, 0.1) is 0 Å². The summed E-state index contributed by atoms with van der Waals surface area (Å²) in [6.07, 6.45) is 0. The molecule has 0 N–H and O–H groups in total. The highest BCUT2D eigenvalue weighted by Gasteiger charge is 2.15. The van der Waals surface area contributed by atoms with Crippen molar-refractivity contribution >= 4 is 89.6 Å². The fourth-order valence-electron chi connectivity index (χ4n) is 6.35. The topological polar surface area (TPSA) is 0 Å². The highest BCUT2D eigenvalue weighted by molar-refractivity contribution is 7.30. The zero-order valence-electron chi connectivity index (χ0n) is 26.5. The Morgan fingerprint density at radius 2 is 0.440 bits per heavy atom. The van der Waals surface area contributed by atoms with Gasteiger partial charge in [-0.2, -0.15) is 0 Å². The van der Waals surface area contributed by atoms with Gasteiger partial charge >= 0.3 is 0 Å². The lowest BCUT2D eigenvalue weighted by Gasteiger charge is -2.01. The summed E-state index contributed by atoms with van der Waals surface area (Å²) in [5.41, 5.74) is 2.57. The van der Waals surface area contributed by atoms with E-state index in [1.54, 1.807) is 0 Å². The van der Waals surface area contributed by atoms with E-state index in [1.807, 2.05) is 68.0 Å². The number of fused-ring (bicyclic) bond motifs is 2. The Hall–Kier alpha value is -4.40. The van der Waals surface area contributed by atoms with E-state index in [4.69, 9.17) is 0 Å². The molecule has 0 bridgehead atoms. The van der Waals surface area contributed by atoms with Crippen molar-refractivity contribution in [3.05, 3.63) is 158 Å². The first-order chi connectivity index (χ1) is 24.7. The standard InChI is InChI=1S/C44H26S6/c1-3-7-29-25-31(11-9-27(29)5-1)33-13-15-35(45-33)37-17-19-39(47-37)41-21-23-43(49-41)44-24-22-42(50-44)40-20-18-38(48-40)36-16-14-34(46-36)32-12-10-28-6-2-4-8-30(28)26-32/h1-26H. The average Bonchev–Trinajstić information content (AvgIpc) is 4.00. The van der Waals surface area contributed by atoms with Gasteiger partial charge in [0.25, 0.3) is 0 Å². The van der Waals surface area contributed by atoms with Gasteiger partial charge in [-0.05, 0) is 118 Å². The lowest BCUT2D eigenvalue weighted by molar-refractivity contribution is 1.73. The van der Waals surface area contributed by atoms with Gasteiger partial charge in [0.15, 0.2) is 0 Å². The molecule has 0 spiro atoms. The van der Waals surface area contributed by atoms with Crippen LogP contribution in [0, 0.1) is 0 Å². The van der Waals surface area contributed by atoms with E-state index in [0.29, 0.717) is 0 Å². The zero-order valence-corrected chi connectivity index (χ0v) is 31.4. The molecule has 0 aliphatic rings. The van der Waals surface area contributed by atoms with Gasteiger partial charge in [-0.1, -0.05) is 72.8 Å². The second-order valence-corrected chi connectivity index (χ2v) is 18.6. The van der Waals surface area contributed by atoms with E-state index in [0.717, 1.165) is 0 Å². The molecule has 238 valence electrons. The minimum atomic E-state index is 1.28.